The van der Waals surface area contributed by atoms with E-state index in [-0.39, 0.29) is 95.6 Å². The molecule has 1 aromatic rings. The molecule has 1 saturated heterocycles. The fourth-order valence-electron chi connectivity index (χ4n) is 8.10. The van der Waals surface area contributed by atoms with E-state index in [0.717, 1.165) is 0 Å². The highest BCUT2D eigenvalue weighted by Crippen LogP contribution is 2.21. The summed E-state index contributed by atoms with van der Waals surface area (Å²) in [5.74, 6) is -9.21. The van der Waals surface area contributed by atoms with Crippen LogP contribution >= 0.6 is 0 Å². The van der Waals surface area contributed by atoms with Gasteiger partial charge in [0.25, 0.3) is 0 Å². The van der Waals surface area contributed by atoms with E-state index >= 15 is 0 Å². The van der Waals surface area contributed by atoms with Crippen LogP contribution in [-0.4, -0.2) is 181 Å². The van der Waals surface area contributed by atoms with Gasteiger partial charge in [-0.1, -0.05) is 24.6 Å². The van der Waals surface area contributed by atoms with Crippen LogP contribution in [0.25, 0.3) is 0 Å². The quantitative estimate of drug-likeness (QED) is 0.0127. The number of aliphatic hydroxyl groups is 1. The standard InChI is InChI=1S/C48H82N18O12/c49-17-3-1-11-29(54)40(70)65-38(36(67)25-53)45(75)62-31(16-20-52)41(71)59-26-37(68)60-32(13-6-19-51)46(76)66-22-8-15-35(66)44(74)64-34(24-27-9-5-10-28(23-27)39(55)69)43(73)61-30(12-2-4-18-50)42(72)63-33(47(77)78)14-7-21-58-48(56)57/h5,9-10,14,23,29-32,34-36,38,67H,1-4,6-8,11-13,15-22,24-26,49-54H2,(H2,55,69)(H,59,71)(H,60,68)(H,61,73)(H,62,75)(H,63,72)(H,64,74)(H,65,70)(H,77,78)(H4,56,57,58)/b33-14-/t29-,30-,31-,32+,34-,35-,36-,38-/m0/s1. The molecule has 78 heavy (non-hydrogen) atoms. The number of rotatable bonds is 37. The fourth-order valence-corrected chi connectivity index (χ4v) is 8.10. The van der Waals surface area contributed by atoms with Gasteiger partial charge in [-0.25, -0.2) is 4.79 Å². The van der Waals surface area contributed by atoms with E-state index in [2.05, 4.69) is 42.2 Å². The minimum Gasteiger partial charge on any atom is -0.477 e. The van der Waals surface area contributed by atoms with Crippen molar-refractivity contribution in [3.05, 3.63) is 47.2 Å². The van der Waals surface area contributed by atoms with E-state index in [1.54, 1.807) is 6.07 Å². The third-order valence-corrected chi connectivity index (χ3v) is 12.3. The topological polar surface area (TPSA) is 545 Å². The number of unbranched alkanes of at least 4 members (excludes halogenated alkanes) is 2. The summed E-state index contributed by atoms with van der Waals surface area (Å²) in [6.07, 6.45) is 2.05. The fraction of sp³-hybridized carbons (Fsp3) is 0.604. The van der Waals surface area contributed by atoms with Crippen molar-refractivity contribution in [2.45, 2.75) is 132 Å². The molecule has 9 amide bonds. The summed E-state index contributed by atoms with van der Waals surface area (Å²) in [6, 6.07) is -3.36. The van der Waals surface area contributed by atoms with Crippen molar-refractivity contribution in [2.24, 2.45) is 56.6 Å². The highest BCUT2D eigenvalue weighted by Gasteiger charge is 2.40. The first kappa shape index (κ1) is 66.8. The average Bonchev–Trinajstić information content (AvgIpc) is 3.91. The molecule has 30 nitrogen and oxygen atoms in total. The third kappa shape index (κ3) is 23.5. The minimum atomic E-state index is -1.62. The first-order valence-corrected chi connectivity index (χ1v) is 25.8. The molecule has 0 spiro atoms. The molecule has 1 fully saturated rings. The Morgan fingerprint density at radius 2 is 1.35 bits per heavy atom. The maximum Gasteiger partial charge on any atom is 0.352 e. The lowest BCUT2D eigenvalue weighted by Crippen LogP contribution is -2.61. The Kier molecular flexibility index (Phi) is 30.7. The van der Waals surface area contributed by atoms with Gasteiger partial charge in [-0.2, -0.15) is 0 Å². The number of aliphatic imine (C=N–C) groups is 1. The normalized spacial score (nSPS) is 15.9. The summed E-state index contributed by atoms with van der Waals surface area (Å²) in [5.41, 5.74) is 50.4. The molecule has 1 aromatic carbocycles. The van der Waals surface area contributed by atoms with E-state index in [1.807, 2.05) is 0 Å². The molecule has 0 bridgehead atoms. The number of carboxylic acid groups (broad SMARTS) is 1. The number of aliphatic carboxylic acids is 1. The van der Waals surface area contributed by atoms with Crippen molar-refractivity contribution in [2.75, 3.05) is 52.4 Å². The lowest BCUT2D eigenvalue weighted by molar-refractivity contribution is -0.142. The van der Waals surface area contributed by atoms with Gasteiger partial charge in [-0.15, -0.1) is 0 Å². The van der Waals surface area contributed by atoms with E-state index in [9.17, 15) is 58.2 Å². The van der Waals surface area contributed by atoms with E-state index < -0.39 is 126 Å². The maximum atomic E-state index is 14.3. The first-order chi connectivity index (χ1) is 37.1. The summed E-state index contributed by atoms with van der Waals surface area (Å²) in [7, 11) is 0. The van der Waals surface area contributed by atoms with Gasteiger partial charge >= 0.3 is 5.97 Å². The number of aliphatic hydroxyl groups excluding tert-OH is 1. The largest absolute Gasteiger partial charge is 0.477 e. The van der Waals surface area contributed by atoms with Gasteiger partial charge in [-0.05, 0) is 115 Å². The molecule has 1 aliphatic heterocycles. The number of nitrogens with two attached hydrogens (primary N) is 9. The molecule has 27 N–H and O–H groups in total. The molecule has 0 saturated carbocycles. The number of carboxylic acids is 1. The Balaban J connectivity index is 2.35. The predicted molar refractivity (Wildman–Crippen MR) is 286 cm³/mol. The number of hydrogen-bond donors (Lipinski definition) is 18. The lowest BCUT2D eigenvalue weighted by Gasteiger charge is -2.30. The zero-order valence-corrected chi connectivity index (χ0v) is 43.9. The van der Waals surface area contributed by atoms with Crippen LogP contribution in [0, 0.1) is 0 Å². The van der Waals surface area contributed by atoms with Crippen LogP contribution in [0.15, 0.2) is 41.0 Å². The Hall–Kier alpha value is -7.35. The van der Waals surface area contributed by atoms with Gasteiger partial charge in [0.15, 0.2) is 5.96 Å². The van der Waals surface area contributed by atoms with Crippen molar-refractivity contribution in [1.29, 1.82) is 0 Å². The summed E-state index contributed by atoms with van der Waals surface area (Å²) in [6.45, 7) is -0.480. The Labute approximate surface area is 452 Å². The maximum absolute atomic E-state index is 14.3. The second-order valence-electron chi connectivity index (χ2n) is 18.5. The van der Waals surface area contributed by atoms with Crippen LogP contribution in [0.2, 0.25) is 0 Å². The molecule has 30 heteroatoms. The molecular weight excluding hydrogens is 1020 g/mol. The number of primary amides is 1. The van der Waals surface area contributed by atoms with Crippen LogP contribution in [0.4, 0.5) is 0 Å². The number of carbonyl (C=O) groups is 10. The number of hydrogen-bond acceptors (Lipinski definition) is 18. The summed E-state index contributed by atoms with van der Waals surface area (Å²) in [4.78, 5) is 139. The Morgan fingerprint density at radius 3 is 1.96 bits per heavy atom. The van der Waals surface area contributed by atoms with Crippen LogP contribution < -0.4 is 88.8 Å². The monoisotopic (exact) mass is 1100 g/mol. The highest BCUT2D eigenvalue weighted by atomic mass is 16.4. The smallest absolute Gasteiger partial charge is 0.352 e. The molecule has 1 heterocycles. The molecule has 0 aliphatic carbocycles. The van der Waals surface area contributed by atoms with Gasteiger partial charge in [0.05, 0.1) is 18.7 Å². The van der Waals surface area contributed by atoms with Crippen molar-refractivity contribution in [1.82, 2.24) is 42.1 Å². The van der Waals surface area contributed by atoms with Crippen LogP contribution in [0.5, 0.6) is 0 Å². The third-order valence-electron chi connectivity index (χ3n) is 12.3. The lowest BCUT2D eigenvalue weighted by atomic mass is 10.0. The number of nitrogens with one attached hydrogen (secondary N) is 7. The molecule has 1 aliphatic rings. The Bertz CT molecular complexity index is 2250. The number of benzene rings is 1. The molecular formula is C48H82N18O12. The second-order valence-corrected chi connectivity index (χ2v) is 18.5. The van der Waals surface area contributed by atoms with Gasteiger partial charge in [0, 0.05) is 31.6 Å². The van der Waals surface area contributed by atoms with Crippen molar-refractivity contribution < 1.29 is 58.2 Å². The average molecular weight is 1100 g/mol. The number of likely N-dealkylation sites (tertiary alicyclic amines) is 1. The molecule has 0 aromatic heterocycles. The number of amides is 9. The number of nitrogens with zero attached hydrogens (tertiary/aromatic N) is 2. The number of carbonyl (C=O) groups excluding carboxylic acids is 9. The Morgan fingerprint density at radius 1 is 0.705 bits per heavy atom. The first-order valence-electron chi connectivity index (χ1n) is 25.8. The van der Waals surface area contributed by atoms with E-state index in [1.165, 1.54) is 29.2 Å². The molecule has 0 unspecified atom stereocenters. The highest BCUT2D eigenvalue weighted by molar-refractivity contribution is 5.99. The second kappa shape index (κ2) is 35.9. The van der Waals surface area contributed by atoms with Crippen molar-refractivity contribution in [3.63, 3.8) is 0 Å². The zero-order valence-electron chi connectivity index (χ0n) is 43.9. The van der Waals surface area contributed by atoms with E-state index in [0.29, 0.717) is 44.2 Å². The van der Waals surface area contributed by atoms with Crippen molar-refractivity contribution >= 4 is 65.1 Å². The summed E-state index contributed by atoms with van der Waals surface area (Å²) < 4.78 is 0. The van der Waals surface area contributed by atoms with Crippen LogP contribution in [0.1, 0.15) is 93.0 Å². The van der Waals surface area contributed by atoms with Crippen LogP contribution in [0.3, 0.4) is 0 Å². The van der Waals surface area contributed by atoms with Gasteiger partial charge in [-0.3, -0.25) is 48.1 Å². The summed E-state index contributed by atoms with van der Waals surface area (Å²) in [5, 5.41) is 37.7. The van der Waals surface area contributed by atoms with E-state index in [4.69, 9.17) is 51.6 Å². The zero-order chi connectivity index (χ0) is 58.3. The van der Waals surface area contributed by atoms with Crippen molar-refractivity contribution in [3.8, 4) is 0 Å². The predicted octanol–water partition coefficient (Wildman–Crippen LogP) is -7.40. The molecule has 8 atom stereocenters. The molecule has 0 radical (unpaired) electrons. The summed E-state index contributed by atoms with van der Waals surface area (Å²) >= 11 is 0. The SMILES string of the molecule is NCCCC[C@H](NC(=O)[C@H](Cc1cccc(C(N)=O)c1)NC(=O)[C@@H]1CCCN1C(=O)[C@@H](CCCN)NC(=O)CNC(=O)[C@H](CCN)NC(=O)[C@@H](NC(=O)[C@@H](N)CCCCN)[C@@H](O)CN)C(=O)N/C(=C\CCN=C(N)N)C(=O)O. The molecule has 436 valence electrons. The van der Waals surface area contributed by atoms with Gasteiger partial charge < -0.3 is 104 Å². The minimum absolute atomic E-state index is 0.00284. The molecule has 2 rings (SSSR count). The number of guanidine groups is 1. The van der Waals surface area contributed by atoms with Gasteiger partial charge in [0.1, 0.15) is 41.9 Å². The van der Waals surface area contributed by atoms with Crippen LogP contribution in [-0.2, 0) is 49.6 Å². The van der Waals surface area contributed by atoms with Gasteiger partial charge in [0.2, 0.25) is 53.2 Å².